The first-order chi connectivity index (χ1) is 8.24. The van der Waals surface area contributed by atoms with E-state index in [2.05, 4.69) is 6.07 Å². The normalized spacial score (nSPS) is 9.94. The first kappa shape index (κ1) is 11.2. The van der Waals surface area contributed by atoms with Gasteiger partial charge in [0.05, 0.1) is 12.7 Å². The molecule has 0 aliphatic heterocycles. The number of carboxylic acid groups (broad SMARTS) is 1. The Morgan fingerprint density at radius 3 is 2.53 bits per heavy atom. The summed E-state index contributed by atoms with van der Waals surface area (Å²) in [6.45, 7) is 0. The predicted octanol–water partition coefficient (Wildman–Crippen LogP) is 2.86. The van der Waals surface area contributed by atoms with E-state index in [4.69, 9.17) is 9.84 Å². The smallest absolute Gasteiger partial charge is 0.337 e. The van der Waals surface area contributed by atoms with Crippen LogP contribution < -0.4 is 4.74 Å². The van der Waals surface area contributed by atoms with Gasteiger partial charge >= 0.3 is 5.97 Å². The first-order valence-corrected chi connectivity index (χ1v) is 5.11. The monoisotopic (exact) mass is 227 g/mol. The molecule has 0 saturated heterocycles. The molecule has 0 bridgehead atoms. The third-order valence-electron chi connectivity index (χ3n) is 2.46. The number of carbonyl (C=O) groups is 1. The summed E-state index contributed by atoms with van der Waals surface area (Å²) >= 11 is 0. The Balaban J connectivity index is 2.69. The van der Waals surface area contributed by atoms with Gasteiger partial charge in [-0.2, -0.15) is 0 Å². The van der Waals surface area contributed by atoms with E-state index in [9.17, 15) is 4.79 Å². The Kier molecular flexibility index (Phi) is 3.10. The van der Waals surface area contributed by atoms with E-state index in [0.29, 0.717) is 11.3 Å². The molecule has 85 valence electrons. The molecule has 0 amide bonds. The van der Waals surface area contributed by atoms with E-state index >= 15 is 0 Å². The minimum absolute atomic E-state index is 0.121. The van der Waals surface area contributed by atoms with Gasteiger partial charge in [-0.15, -0.1) is 0 Å². The summed E-state index contributed by atoms with van der Waals surface area (Å²) in [5, 5.41) is 9.16. The highest BCUT2D eigenvalue weighted by Gasteiger charge is 2.16. The number of ether oxygens (including phenoxy) is 1. The lowest BCUT2D eigenvalue weighted by Gasteiger charge is -2.11. The van der Waals surface area contributed by atoms with Crippen molar-refractivity contribution in [1.82, 2.24) is 0 Å². The fraction of sp³-hybridized carbons (Fsp3) is 0.0714. The molecule has 1 N–H and O–H groups in total. The molecule has 0 aliphatic rings. The van der Waals surface area contributed by atoms with Gasteiger partial charge in [0.15, 0.2) is 0 Å². The van der Waals surface area contributed by atoms with E-state index in [0.717, 1.165) is 5.56 Å². The van der Waals surface area contributed by atoms with Gasteiger partial charge in [-0.05, 0) is 23.8 Å². The van der Waals surface area contributed by atoms with Crippen LogP contribution in [0, 0.1) is 6.07 Å². The molecule has 2 rings (SSSR count). The zero-order chi connectivity index (χ0) is 12.3. The summed E-state index contributed by atoms with van der Waals surface area (Å²) in [5.41, 5.74) is 1.48. The van der Waals surface area contributed by atoms with Crippen molar-refractivity contribution in [3.05, 3.63) is 54.1 Å². The Morgan fingerprint density at radius 1 is 1.24 bits per heavy atom. The second-order valence-electron chi connectivity index (χ2n) is 3.47. The van der Waals surface area contributed by atoms with Gasteiger partial charge < -0.3 is 9.84 Å². The van der Waals surface area contributed by atoms with Crippen molar-refractivity contribution in [3.8, 4) is 16.9 Å². The molecular formula is C14H11O3. The molecule has 0 aliphatic carbocycles. The standard InChI is InChI=1S/C14H11O3/c1-17-12-9-5-8-11(14(15)16)13(12)10-6-3-2-4-7-10/h2-7,9H,1H3,(H,15,16). The van der Waals surface area contributed by atoms with E-state index in [1.807, 2.05) is 30.3 Å². The molecule has 0 spiro atoms. The Hall–Kier alpha value is -2.29. The molecule has 3 nitrogen and oxygen atoms in total. The minimum Gasteiger partial charge on any atom is -0.496 e. The number of carboxylic acids is 1. The summed E-state index contributed by atoms with van der Waals surface area (Å²) in [7, 11) is 1.52. The van der Waals surface area contributed by atoms with Gasteiger partial charge in [-0.1, -0.05) is 30.3 Å². The number of hydrogen-bond acceptors (Lipinski definition) is 2. The van der Waals surface area contributed by atoms with Crippen LogP contribution in [0.3, 0.4) is 0 Å². The van der Waals surface area contributed by atoms with Crippen LogP contribution in [-0.2, 0) is 0 Å². The zero-order valence-electron chi connectivity index (χ0n) is 9.31. The number of benzene rings is 2. The van der Waals surface area contributed by atoms with E-state index < -0.39 is 5.97 Å². The van der Waals surface area contributed by atoms with Gasteiger partial charge in [0.2, 0.25) is 0 Å². The summed E-state index contributed by atoms with van der Waals surface area (Å²) in [6, 6.07) is 15.3. The van der Waals surface area contributed by atoms with Crippen LogP contribution in [0.2, 0.25) is 0 Å². The van der Waals surface area contributed by atoms with Crippen molar-refractivity contribution < 1.29 is 14.6 Å². The first-order valence-electron chi connectivity index (χ1n) is 5.11. The van der Waals surface area contributed by atoms with Crippen molar-refractivity contribution in [2.75, 3.05) is 7.11 Å². The van der Waals surface area contributed by atoms with Gasteiger partial charge in [-0.25, -0.2) is 4.79 Å². The molecule has 0 heterocycles. The summed E-state index contributed by atoms with van der Waals surface area (Å²) in [4.78, 5) is 11.2. The van der Waals surface area contributed by atoms with Crippen LogP contribution in [0.1, 0.15) is 10.4 Å². The highest BCUT2D eigenvalue weighted by molar-refractivity contribution is 5.97. The molecule has 1 radical (unpaired) electrons. The van der Waals surface area contributed by atoms with Crippen LogP contribution in [0.25, 0.3) is 11.1 Å². The third kappa shape index (κ3) is 2.13. The molecule has 2 aromatic rings. The minimum atomic E-state index is -1.01. The van der Waals surface area contributed by atoms with Crippen LogP contribution in [0.5, 0.6) is 5.75 Å². The second-order valence-corrected chi connectivity index (χ2v) is 3.47. The van der Waals surface area contributed by atoms with Gasteiger partial charge in [-0.3, -0.25) is 0 Å². The van der Waals surface area contributed by atoms with E-state index in [1.165, 1.54) is 7.11 Å². The van der Waals surface area contributed by atoms with Gasteiger partial charge in [0, 0.05) is 5.56 Å². The van der Waals surface area contributed by atoms with Crippen LogP contribution >= 0.6 is 0 Å². The highest BCUT2D eigenvalue weighted by atomic mass is 16.5. The molecule has 0 unspecified atom stereocenters. The number of aromatic carboxylic acids is 1. The summed E-state index contributed by atoms with van der Waals surface area (Å²) < 4.78 is 5.21. The molecule has 3 heteroatoms. The molecule has 0 aromatic heterocycles. The Morgan fingerprint density at radius 2 is 1.94 bits per heavy atom. The molecule has 2 aromatic carbocycles. The lowest BCUT2D eigenvalue weighted by atomic mass is 9.98. The number of rotatable bonds is 3. The highest BCUT2D eigenvalue weighted by Crippen LogP contribution is 2.32. The molecule has 0 atom stereocenters. The zero-order valence-corrected chi connectivity index (χ0v) is 9.31. The lowest BCUT2D eigenvalue weighted by molar-refractivity contribution is 0.0697. The quantitative estimate of drug-likeness (QED) is 0.877. The van der Waals surface area contributed by atoms with Crippen molar-refractivity contribution >= 4 is 5.97 Å². The maximum absolute atomic E-state index is 11.2. The van der Waals surface area contributed by atoms with Crippen molar-refractivity contribution in [2.24, 2.45) is 0 Å². The number of hydrogen-bond donors (Lipinski definition) is 1. The maximum atomic E-state index is 11.2. The largest absolute Gasteiger partial charge is 0.496 e. The Bertz CT molecular complexity index is 532. The second kappa shape index (κ2) is 4.70. The Labute approximate surface area is 99.3 Å². The van der Waals surface area contributed by atoms with Crippen molar-refractivity contribution in [1.29, 1.82) is 0 Å². The van der Waals surface area contributed by atoms with Gasteiger partial charge in [0.25, 0.3) is 0 Å². The van der Waals surface area contributed by atoms with E-state index in [1.54, 1.807) is 12.1 Å². The maximum Gasteiger partial charge on any atom is 0.337 e. The summed E-state index contributed by atoms with van der Waals surface area (Å²) in [5.74, 6) is -0.477. The third-order valence-corrected chi connectivity index (χ3v) is 2.46. The fourth-order valence-corrected chi connectivity index (χ4v) is 1.71. The predicted molar refractivity (Wildman–Crippen MR) is 64.2 cm³/mol. The van der Waals surface area contributed by atoms with Crippen LogP contribution in [0.4, 0.5) is 0 Å². The van der Waals surface area contributed by atoms with Crippen molar-refractivity contribution in [2.45, 2.75) is 0 Å². The van der Waals surface area contributed by atoms with Crippen molar-refractivity contribution in [3.63, 3.8) is 0 Å². The van der Waals surface area contributed by atoms with E-state index in [-0.39, 0.29) is 5.56 Å². The fourth-order valence-electron chi connectivity index (χ4n) is 1.71. The lowest BCUT2D eigenvalue weighted by Crippen LogP contribution is -2.01. The van der Waals surface area contributed by atoms with Crippen LogP contribution in [0.15, 0.2) is 42.5 Å². The molecular weight excluding hydrogens is 216 g/mol. The topological polar surface area (TPSA) is 46.5 Å². The summed E-state index contributed by atoms with van der Waals surface area (Å²) in [6.07, 6.45) is 0. The van der Waals surface area contributed by atoms with Gasteiger partial charge in [0.1, 0.15) is 5.75 Å². The molecule has 17 heavy (non-hydrogen) atoms. The number of methoxy groups -OCH3 is 1. The average Bonchev–Trinajstić information content (AvgIpc) is 2.38. The SMILES string of the molecule is COc1cc[c]c(C(=O)O)c1-c1ccccc1. The van der Waals surface area contributed by atoms with Crippen LogP contribution in [-0.4, -0.2) is 18.2 Å². The average molecular weight is 227 g/mol. The molecule has 0 saturated carbocycles. The molecule has 0 fully saturated rings.